The van der Waals surface area contributed by atoms with Crippen molar-refractivity contribution >= 4 is 38.2 Å². The number of hydrogen-bond donors (Lipinski definition) is 0. The number of rotatable bonds is 3. The Bertz CT molecular complexity index is 1050. The fourth-order valence-corrected chi connectivity index (χ4v) is 3.57. The second kappa shape index (κ2) is 5.71. The first-order valence-electron chi connectivity index (χ1n) is 6.74. The van der Waals surface area contributed by atoms with Gasteiger partial charge in [0, 0.05) is 5.39 Å². The van der Waals surface area contributed by atoms with Gasteiger partial charge in [-0.05, 0) is 40.2 Å². The van der Waals surface area contributed by atoms with Gasteiger partial charge in [-0.15, -0.1) is 21.5 Å². The lowest BCUT2D eigenvalue weighted by Crippen LogP contribution is -2.13. The molecule has 0 unspecified atom stereocenters. The summed E-state index contributed by atoms with van der Waals surface area (Å²) in [5, 5.41) is 12.9. The van der Waals surface area contributed by atoms with Gasteiger partial charge in [0.1, 0.15) is 6.54 Å². The molecule has 6 nitrogen and oxygen atoms in total. The predicted molar refractivity (Wildman–Crippen MR) is 90.4 cm³/mol. The van der Waals surface area contributed by atoms with Gasteiger partial charge in [0.05, 0.1) is 20.4 Å². The van der Waals surface area contributed by atoms with Gasteiger partial charge in [-0.1, -0.05) is 12.1 Å². The molecule has 0 spiro atoms. The smallest absolute Gasteiger partial charge is 0.257 e. The fourth-order valence-electron chi connectivity index (χ4n) is 2.26. The van der Waals surface area contributed by atoms with Crippen LogP contribution in [-0.4, -0.2) is 20.0 Å². The van der Waals surface area contributed by atoms with Crippen LogP contribution in [0.4, 0.5) is 0 Å². The number of aromatic nitrogens is 4. The van der Waals surface area contributed by atoms with E-state index in [2.05, 4.69) is 31.2 Å². The minimum absolute atomic E-state index is 0.105. The average Bonchev–Trinajstić information content (AvgIpc) is 3.19. The minimum atomic E-state index is -0.105. The van der Waals surface area contributed by atoms with E-state index in [1.54, 1.807) is 10.7 Å². The lowest BCUT2D eigenvalue weighted by atomic mass is 10.2. The van der Waals surface area contributed by atoms with Crippen LogP contribution in [0, 0.1) is 0 Å². The fraction of sp³-hybridized carbons (Fsp3) is 0.0667. The summed E-state index contributed by atoms with van der Waals surface area (Å²) in [5.41, 5.74) is 0.630. The quantitative estimate of drug-likeness (QED) is 0.538. The standard InChI is InChI=1S/C15H9BrN4O2S/c16-13-6-5-12(23-13)15-19-18-14(22-15)8-20-10-4-2-1-3-9(10)11(21)7-17-20/h1-7H,8H2. The zero-order chi connectivity index (χ0) is 15.8. The molecule has 23 heavy (non-hydrogen) atoms. The maximum Gasteiger partial charge on any atom is 0.257 e. The van der Waals surface area contributed by atoms with Crippen molar-refractivity contribution in [2.45, 2.75) is 6.54 Å². The van der Waals surface area contributed by atoms with Crippen molar-refractivity contribution in [1.29, 1.82) is 0 Å². The van der Waals surface area contributed by atoms with E-state index in [1.807, 2.05) is 30.3 Å². The molecule has 4 aromatic rings. The van der Waals surface area contributed by atoms with Crippen LogP contribution < -0.4 is 5.43 Å². The van der Waals surface area contributed by atoms with E-state index >= 15 is 0 Å². The number of para-hydroxylation sites is 1. The molecule has 0 radical (unpaired) electrons. The molecule has 0 N–H and O–H groups in total. The Hall–Kier alpha value is -2.32. The minimum Gasteiger partial charge on any atom is -0.418 e. The predicted octanol–water partition coefficient (Wildman–Crippen LogP) is 3.32. The van der Waals surface area contributed by atoms with Crippen molar-refractivity contribution in [2.75, 3.05) is 0 Å². The highest BCUT2D eigenvalue weighted by Gasteiger charge is 2.12. The largest absolute Gasteiger partial charge is 0.418 e. The molecule has 0 saturated heterocycles. The Morgan fingerprint density at radius 1 is 1.17 bits per heavy atom. The summed E-state index contributed by atoms with van der Waals surface area (Å²) in [4.78, 5) is 12.7. The van der Waals surface area contributed by atoms with Crippen molar-refractivity contribution in [3.8, 4) is 10.8 Å². The van der Waals surface area contributed by atoms with Crippen LogP contribution >= 0.6 is 27.3 Å². The molecular weight excluding hydrogens is 380 g/mol. The lowest BCUT2D eigenvalue weighted by Gasteiger charge is -2.06. The normalized spacial score (nSPS) is 11.2. The highest BCUT2D eigenvalue weighted by atomic mass is 79.9. The van der Waals surface area contributed by atoms with Gasteiger partial charge in [0.15, 0.2) is 0 Å². The topological polar surface area (TPSA) is 73.8 Å². The van der Waals surface area contributed by atoms with Gasteiger partial charge in [-0.2, -0.15) is 5.10 Å². The summed E-state index contributed by atoms with van der Waals surface area (Å²) in [6.45, 7) is 0.306. The van der Waals surface area contributed by atoms with E-state index in [-0.39, 0.29) is 5.43 Å². The summed E-state index contributed by atoms with van der Waals surface area (Å²) < 4.78 is 8.37. The molecule has 0 fully saturated rings. The summed E-state index contributed by atoms with van der Waals surface area (Å²) in [6, 6.07) is 11.2. The second-order valence-corrected chi connectivity index (χ2v) is 7.25. The molecule has 1 aromatic carbocycles. The molecule has 0 saturated carbocycles. The Morgan fingerprint density at radius 3 is 2.87 bits per heavy atom. The molecule has 0 aliphatic heterocycles. The van der Waals surface area contributed by atoms with Crippen LogP contribution in [0.15, 0.2) is 55.6 Å². The molecule has 8 heteroatoms. The van der Waals surface area contributed by atoms with Crippen LogP contribution in [-0.2, 0) is 6.54 Å². The number of hydrogen-bond acceptors (Lipinski definition) is 6. The second-order valence-electron chi connectivity index (χ2n) is 4.79. The third-order valence-corrected chi connectivity index (χ3v) is 4.91. The first-order valence-corrected chi connectivity index (χ1v) is 8.34. The number of fused-ring (bicyclic) bond motifs is 1. The third-order valence-electron chi connectivity index (χ3n) is 3.30. The Balaban J connectivity index is 1.71. The highest BCUT2D eigenvalue weighted by Crippen LogP contribution is 2.30. The lowest BCUT2D eigenvalue weighted by molar-refractivity contribution is 0.477. The summed E-state index contributed by atoms with van der Waals surface area (Å²) in [7, 11) is 0. The number of benzene rings is 1. The average molecular weight is 389 g/mol. The van der Waals surface area contributed by atoms with Gasteiger partial charge in [-0.25, -0.2) is 0 Å². The van der Waals surface area contributed by atoms with Gasteiger partial charge >= 0.3 is 0 Å². The molecule has 0 aliphatic rings. The first kappa shape index (κ1) is 14.3. The molecule has 0 atom stereocenters. The van der Waals surface area contributed by atoms with Crippen LogP contribution in [0.3, 0.4) is 0 Å². The summed E-state index contributed by atoms with van der Waals surface area (Å²) in [5.74, 6) is 0.909. The van der Waals surface area contributed by atoms with Crippen molar-refractivity contribution in [3.63, 3.8) is 0 Å². The molecule has 0 aliphatic carbocycles. The van der Waals surface area contributed by atoms with Gasteiger partial charge < -0.3 is 4.42 Å². The van der Waals surface area contributed by atoms with E-state index in [0.717, 1.165) is 14.2 Å². The number of halogens is 1. The molecule has 3 aromatic heterocycles. The Labute approximate surface area is 142 Å². The van der Waals surface area contributed by atoms with E-state index in [0.29, 0.717) is 23.7 Å². The van der Waals surface area contributed by atoms with Crippen LogP contribution in [0.1, 0.15) is 5.89 Å². The van der Waals surface area contributed by atoms with Crippen molar-refractivity contribution in [3.05, 3.63) is 62.5 Å². The highest BCUT2D eigenvalue weighted by molar-refractivity contribution is 9.11. The van der Waals surface area contributed by atoms with Gasteiger partial charge in [0.2, 0.25) is 11.3 Å². The third kappa shape index (κ3) is 2.71. The Kier molecular flexibility index (Phi) is 3.55. The number of nitrogens with zero attached hydrogens (tertiary/aromatic N) is 4. The zero-order valence-electron chi connectivity index (χ0n) is 11.6. The monoisotopic (exact) mass is 388 g/mol. The first-order chi connectivity index (χ1) is 11.2. The molecule has 0 amide bonds. The SMILES string of the molecule is O=c1cnn(Cc2nnc(-c3ccc(Br)s3)o2)c2ccccc12. The Morgan fingerprint density at radius 2 is 2.04 bits per heavy atom. The summed E-state index contributed by atoms with van der Waals surface area (Å²) >= 11 is 4.93. The zero-order valence-corrected chi connectivity index (χ0v) is 14.0. The van der Waals surface area contributed by atoms with E-state index < -0.39 is 0 Å². The maximum absolute atomic E-state index is 11.8. The van der Waals surface area contributed by atoms with Gasteiger partial charge in [-0.3, -0.25) is 9.48 Å². The molecule has 0 bridgehead atoms. The maximum atomic E-state index is 11.8. The van der Waals surface area contributed by atoms with E-state index in [1.165, 1.54) is 17.5 Å². The van der Waals surface area contributed by atoms with Crippen molar-refractivity contribution < 1.29 is 4.42 Å². The molecular formula is C15H9BrN4O2S. The van der Waals surface area contributed by atoms with Gasteiger partial charge in [0.25, 0.3) is 5.89 Å². The van der Waals surface area contributed by atoms with Crippen LogP contribution in [0.5, 0.6) is 0 Å². The van der Waals surface area contributed by atoms with Crippen molar-refractivity contribution in [1.82, 2.24) is 20.0 Å². The van der Waals surface area contributed by atoms with Crippen molar-refractivity contribution in [2.24, 2.45) is 0 Å². The summed E-state index contributed by atoms with van der Waals surface area (Å²) in [6.07, 6.45) is 1.30. The molecule has 4 rings (SSSR count). The van der Waals surface area contributed by atoms with Crippen LogP contribution in [0.25, 0.3) is 21.7 Å². The number of thiophene rings is 1. The molecule has 114 valence electrons. The van der Waals surface area contributed by atoms with E-state index in [9.17, 15) is 4.79 Å². The van der Waals surface area contributed by atoms with Crippen LogP contribution in [0.2, 0.25) is 0 Å². The van der Waals surface area contributed by atoms with E-state index in [4.69, 9.17) is 4.42 Å². The molecule has 3 heterocycles.